The lowest BCUT2D eigenvalue weighted by molar-refractivity contribution is -0.112. The van der Waals surface area contributed by atoms with Gasteiger partial charge >= 0.3 is 0 Å². The minimum absolute atomic E-state index is 0.00185. The normalized spacial score (nSPS) is 15.4. The van der Waals surface area contributed by atoms with Gasteiger partial charge in [0.1, 0.15) is 0 Å². The van der Waals surface area contributed by atoms with Gasteiger partial charge in [-0.15, -0.1) is 0 Å². The van der Waals surface area contributed by atoms with Crippen molar-refractivity contribution in [3.63, 3.8) is 0 Å². The van der Waals surface area contributed by atoms with Gasteiger partial charge in [-0.25, -0.2) is 0 Å². The summed E-state index contributed by atoms with van der Waals surface area (Å²) in [5.41, 5.74) is 4.41. The fraction of sp³-hybridized carbons (Fsp3) is 0. The van der Waals surface area contributed by atoms with Gasteiger partial charge in [0.25, 0.3) is 5.91 Å². The first-order valence-electron chi connectivity index (χ1n) is 7.18. The summed E-state index contributed by atoms with van der Waals surface area (Å²) in [4.78, 5) is 17.8. The predicted octanol–water partition coefficient (Wildman–Crippen LogP) is 4.23. The van der Waals surface area contributed by atoms with E-state index in [1.807, 2.05) is 79.0 Å². The highest BCUT2D eigenvalue weighted by molar-refractivity contribution is 6.37. The van der Waals surface area contributed by atoms with E-state index >= 15 is 0 Å². The maximum Gasteiger partial charge on any atom is 0.263 e. The first kappa shape index (κ1) is 12.7. The first-order chi connectivity index (χ1) is 10.8. The third-order valence-corrected chi connectivity index (χ3v) is 3.80. The maximum absolute atomic E-state index is 12.9. The van der Waals surface area contributed by atoms with E-state index in [0.29, 0.717) is 5.57 Å². The Morgan fingerprint density at radius 3 is 2.41 bits per heavy atom. The molecular formula is C19H14N2O. The van der Waals surface area contributed by atoms with Crippen LogP contribution in [-0.2, 0) is 4.79 Å². The van der Waals surface area contributed by atoms with E-state index in [-0.39, 0.29) is 5.91 Å². The van der Waals surface area contributed by atoms with Crippen LogP contribution in [0.1, 0.15) is 11.3 Å². The van der Waals surface area contributed by atoms with Crippen molar-refractivity contribution < 1.29 is 4.79 Å². The highest BCUT2D eigenvalue weighted by Crippen LogP contribution is 2.41. The zero-order valence-corrected chi connectivity index (χ0v) is 11.9. The van der Waals surface area contributed by atoms with Gasteiger partial charge in [-0.1, -0.05) is 36.4 Å². The monoisotopic (exact) mass is 286 g/mol. The fourth-order valence-electron chi connectivity index (χ4n) is 2.80. The second kappa shape index (κ2) is 5.04. The molecule has 22 heavy (non-hydrogen) atoms. The molecule has 1 aliphatic rings. The molecule has 1 aliphatic heterocycles. The van der Waals surface area contributed by atoms with Crippen LogP contribution in [0.3, 0.4) is 0 Å². The smallest absolute Gasteiger partial charge is 0.263 e. The summed E-state index contributed by atoms with van der Waals surface area (Å²) in [6, 6.07) is 21.5. The zero-order chi connectivity index (χ0) is 14.9. The lowest BCUT2D eigenvalue weighted by atomic mass is 10.1. The number of carbonyl (C=O) groups is 1. The van der Waals surface area contributed by atoms with Crippen LogP contribution < -0.4 is 4.90 Å². The number of hydrogen-bond donors (Lipinski definition) is 1. The summed E-state index contributed by atoms with van der Waals surface area (Å²) in [6.07, 6.45) is 3.76. The number of aromatic amines is 1. The average Bonchev–Trinajstić information content (AvgIpc) is 3.16. The van der Waals surface area contributed by atoms with E-state index in [1.165, 1.54) is 0 Å². The second-order valence-electron chi connectivity index (χ2n) is 5.18. The number of carbonyl (C=O) groups excluding carboxylic acids is 1. The molecule has 0 saturated carbocycles. The molecule has 0 bridgehead atoms. The molecule has 0 atom stereocenters. The van der Waals surface area contributed by atoms with E-state index in [9.17, 15) is 4.79 Å². The number of nitrogens with zero attached hydrogens (tertiary/aromatic N) is 1. The van der Waals surface area contributed by atoms with Crippen molar-refractivity contribution in [1.82, 2.24) is 4.98 Å². The quantitative estimate of drug-likeness (QED) is 0.703. The Kier molecular flexibility index (Phi) is 2.90. The van der Waals surface area contributed by atoms with Crippen LogP contribution in [0.4, 0.5) is 11.4 Å². The fourth-order valence-corrected chi connectivity index (χ4v) is 2.80. The van der Waals surface area contributed by atoms with Gasteiger partial charge in [-0.3, -0.25) is 9.69 Å². The zero-order valence-electron chi connectivity index (χ0n) is 11.9. The average molecular weight is 286 g/mol. The molecule has 0 radical (unpaired) electrons. The second-order valence-corrected chi connectivity index (χ2v) is 5.18. The van der Waals surface area contributed by atoms with Gasteiger partial charge in [0.15, 0.2) is 0 Å². The van der Waals surface area contributed by atoms with Crippen molar-refractivity contribution in [2.45, 2.75) is 0 Å². The molecule has 3 nitrogen and oxygen atoms in total. The molecule has 0 saturated heterocycles. The molecule has 1 amide bonds. The highest BCUT2D eigenvalue weighted by atomic mass is 16.2. The molecule has 0 unspecified atom stereocenters. The van der Waals surface area contributed by atoms with E-state index in [0.717, 1.165) is 22.6 Å². The Labute approximate surface area is 128 Å². The summed E-state index contributed by atoms with van der Waals surface area (Å²) in [5, 5.41) is 0. The van der Waals surface area contributed by atoms with Gasteiger partial charge in [0.2, 0.25) is 0 Å². The molecule has 4 rings (SSSR count). The van der Waals surface area contributed by atoms with Gasteiger partial charge < -0.3 is 4.98 Å². The molecule has 2 heterocycles. The third kappa shape index (κ3) is 1.95. The van der Waals surface area contributed by atoms with E-state index in [2.05, 4.69) is 4.98 Å². The number of hydrogen-bond acceptors (Lipinski definition) is 1. The molecular weight excluding hydrogens is 272 g/mol. The topological polar surface area (TPSA) is 36.1 Å². The van der Waals surface area contributed by atoms with Crippen molar-refractivity contribution in [1.29, 1.82) is 0 Å². The van der Waals surface area contributed by atoms with Crippen LogP contribution >= 0.6 is 0 Å². The number of fused-ring (bicyclic) bond motifs is 1. The summed E-state index contributed by atoms with van der Waals surface area (Å²) in [7, 11) is 0. The Balaban J connectivity index is 1.89. The Morgan fingerprint density at radius 2 is 1.64 bits per heavy atom. The van der Waals surface area contributed by atoms with Gasteiger partial charge in [-0.05, 0) is 36.4 Å². The van der Waals surface area contributed by atoms with Crippen molar-refractivity contribution in [2.75, 3.05) is 4.90 Å². The number of para-hydroxylation sites is 2. The summed E-state index contributed by atoms with van der Waals surface area (Å²) < 4.78 is 0. The Morgan fingerprint density at radius 1 is 0.864 bits per heavy atom. The number of rotatable bonds is 2. The molecule has 0 fully saturated rings. The molecule has 0 spiro atoms. The largest absolute Gasteiger partial charge is 0.362 e. The summed E-state index contributed by atoms with van der Waals surface area (Å²) in [6.45, 7) is 0. The number of nitrogens with one attached hydrogen (secondary N) is 1. The van der Waals surface area contributed by atoms with E-state index in [1.54, 1.807) is 4.90 Å². The molecule has 3 heteroatoms. The van der Waals surface area contributed by atoms with Crippen LogP contribution in [-0.4, -0.2) is 10.9 Å². The standard InChI is InChI=1S/C19H14N2O/c22-19-17(13-14-7-6-12-20-14)16-10-4-5-11-18(16)21(19)15-8-2-1-3-9-15/h1-13,20H/b17-13-. The SMILES string of the molecule is O=C1/C(=C\c2ccc[nH]2)c2ccccc2N1c1ccccc1. The van der Waals surface area contributed by atoms with Gasteiger partial charge in [-0.2, -0.15) is 0 Å². The minimum atomic E-state index is 0.00185. The Hall–Kier alpha value is -3.07. The van der Waals surface area contributed by atoms with E-state index < -0.39 is 0 Å². The molecule has 3 aromatic rings. The molecule has 1 N–H and O–H groups in total. The Bertz CT molecular complexity index is 848. The number of amides is 1. The van der Waals surface area contributed by atoms with Crippen LogP contribution in [0.2, 0.25) is 0 Å². The lowest BCUT2D eigenvalue weighted by Gasteiger charge is -2.16. The van der Waals surface area contributed by atoms with Crippen LogP contribution in [0, 0.1) is 0 Å². The maximum atomic E-state index is 12.9. The third-order valence-electron chi connectivity index (χ3n) is 3.80. The number of benzene rings is 2. The first-order valence-corrected chi connectivity index (χ1v) is 7.18. The van der Waals surface area contributed by atoms with Crippen molar-refractivity contribution in [2.24, 2.45) is 0 Å². The van der Waals surface area contributed by atoms with Crippen LogP contribution in [0.25, 0.3) is 11.6 Å². The van der Waals surface area contributed by atoms with Crippen molar-refractivity contribution >= 4 is 28.9 Å². The van der Waals surface area contributed by atoms with Crippen molar-refractivity contribution in [3.05, 3.63) is 84.2 Å². The highest BCUT2D eigenvalue weighted by Gasteiger charge is 2.32. The molecule has 1 aromatic heterocycles. The van der Waals surface area contributed by atoms with Gasteiger partial charge in [0.05, 0.1) is 11.3 Å². The van der Waals surface area contributed by atoms with Gasteiger partial charge in [0, 0.05) is 23.1 Å². The van der Waals surface area contributed by atoms with Crippen LogP contribution in [0.15, 0.2) is 72.9 Å². The number of aromatic nitrogens is 1. The number of anilines is 2. The summed E-state index contributed by atoms with van der Waals surface area (Å²) >= 11 is 0. The van der Waals surface area contributed by atoms with E-state index in [4.69, 9.17) is 0 Å². The van der Waals surface area contributed by atoms with Crippen LogP contribution in [0.5, 0.6) is 0 Å². The minimum Gasteiger partial charge on any atom is -0.362 e. The van der Waals surface area contributed by atoms with Crippen molar-refractivity contribution in [3.8, 4) is 0 Å². The summed E-state index contributed by atoms with van der Waals surface area (Å²) in [5.74, 6) is 0.00185. The number of H-pyrrole nitrogens is 1. The molecule has 0 aliphatic carbocycles. The lowest BCUT2D eigenvalue weighted by Crippen LogP contribution is -2.20. The molecule has 106 valence electrons. The molecule has 2 aromatic carbocycles. The predicted molar refractivity (Wildman–Crippen MR) is 88.7 cm³/mol.